The van der Waals surface area contributed by atoms with Gasteiger partial charge in [-0.05, 0) is 25.8 Å². The fraction of sp³-hybridized carbons (Fsp3) is 0.636. The maximum Gasteiger partial charge on any atom is 0.307 e. The predicted octanol–water partition coefficient (Wildman–Crippen LogP) is 1.87. The van der Waals surface area contributed by atoms with Gasteiger partial charge in [0.05, 0.1) is 5.92 Å². The molecule has 1 aliphatic carbocycles. The first kappa shape index (κ1) is 10.2. The SMILES string of the molecule is CCn1nccc1C1CCCC1C(=O)O. The van der Waals surface area contributed by atoms with Crippen LogP contribution >= 0.6 is 0 Å². The van der Waals surface area contributed by atoms with Gasteiger partial charge in [0, 0.05) is 24.4 Å². The van der Waals surface area contributed by atoms with Crippen LogP contribution < -0.4 is 0 Å². The van der Waals surface area contributed by atoms with Crippen LogP contribution in [0, 0.1) is 5.92 Å². The minimum absolute atomic E-state index is 0.157. The Balaban J connectivity index is 2.26. The molecule has 1 saturated carbocycles. The van der Waals surface area contributed by atoms with Crippen molar-refractivity contribution in [1.29, 1.82) is 0 Å². The van der Waals surface area contributed by atoms with Crippen LogP contribution in [0.1, 0.15) is 37.8 Å². The molecule has 4 heteroatoms. The molecule has 1 aromatic rings. The number of hydrogen-bond donors (Lipinski definition) is 1. The Morgan fingerprint density at radius 2 is 2.47 bits per heavy atom. The molecule has 2 unspecified atom stereocenters. The highest BCUT2D eigenvalue weighted by Gasteiger charge is 2.35. The summed E-state index contributed by atoms with van der Waals surface area (Å²) in [5.74, 6) is -0.724. The third kappa shape index (κ3) is 1.76. The van der Waals surface area contributed by atoms with Crippen molar-refractivity contribution in [1.82, 2.24) is 9.78 Å². The summed E-state index contributed by atoms with van der Waals surface area (Å²) in [5, 5.41) is 13.3. The molecule has 2 atom stereocenters. The average Bonchev–Trinajstić information content (AvgIpc) is 2.85. The molecule has 0 radical (unpaired) electrons. The summed E-state index contributed by atoms with van der Waals surface area (Å²) in [6.45, 7) is 2.84. The first-order valence-corrected chi connectivity index (χ1v) is 5.48. The molecule has 4 nitrogen and oxygen atoms in total. The molecule has 0 aromatic carbocycles. The van der Waals surface area contributed by atoms with Crippen molar-refractivity contribution >= 4 is 5.97 Å². The topological polar surface area (TPSA) is 55.1 Å². The lowest BCUT2D eigenvalue weighted by molar-refractivity contribution is -0.142. The van der Waals surface area contributed by atoms with E-state index in [-0.39, 0.29) is 11.8 Å². The fourth-order valence-corrected chi connectivity index (χ4v) is 2.53. The van der Waals surface area contributed by atoms with E-state index in [1.807, 2.05) is 17.7 Å². The number of hydrogen-bond acceptors (Lipinski definition) is 2. The summed E-state index contributed by atoms with van der Waals surface area (Å²) in [4.78, 5) is 11.1. The Morgan fingerprint density at radius 1 is 1.67 bits per heavy atom. The normalized spacial score (nSPS) is 25.7. The van der Waals surface area contributed by atoms with Crippen LogP contribution in [0.5, 0.6) is 0 Å². The van der Waals surface area contributed by atoms with E-state index in [1.54, 1.807) is 6.20 Å². The number of carboxylic acid groups (broad SMARTS) is 1. The van der Waals surface area contributed by atoms with Crippen LogP contribution in [0.15, 0.2) is 12.3 Å². The molecule has 0 spiro atoms. The second-order valence-electron chi connectivity index (χ2n) is 4.05. The van der Waals surface area contributed by atoms with Gasteiger partial charge in [0.2, 0.25) is 0 Å². The summed E-state index contributed by atoms with van der Waals surface area (Å²) in [7, 11) is 0. The lowest BCUT2D eigenvalue weighted by atomic mass is 9.93. The monoisotopic (exact) mass is 208 g/mol. The molecule has 1 aliphatic rings. The van der Waals surface area contributed by atoms with Gasteiger partial charge in [-0.25, -0.2) is 0 Å². The van der Waals surface area contributed by atoms with Crippen LogP contribution in [-0.2, 0) is 11.3 Å². The van der Waals surface area contributed by atoms with E-state index in [0.29, 0.717) is 0 Å². The number of aromatic nitrogens is 2. The Morgan fingerprint density at radius 3 is 3.13 bits per heavy atom. The minimum Gasteiger partial charge on any atom is -0.481 e. The standard InChI is InChI=1S/C11H16N2O2/c1-2-13-10(6-7-12-13)8-4-3-5-9(8)11(14)15/h6-9H,2-5H2,1H3,(H,14,15). The quantitative estimate of drug-likeness (QED) is 0.825. The van der Waals surface area contributed by atoms with E-state index < -0.39 is 5.97 Å². The fourth-order valence-electron chi connectivity index (χ4n) is 2.53. The third-order valence-corrected chi connectivity index (χ3v) is 3.26. The first-order chi connectivity index (χ1) is 7.24. The van der Waals surface area contributed by atoms with Gasteiger partial charge in [-0.2, -0.15) is 5.10 Å². The first-order valence-electron chi connectivity index (χ1n) is 5.48. The van der Waals surface area contributed by atoms with E-state index >= 15 is 0 Å². The molecule has 1 aromatic heterocycles. The largest absolute Gasteiger partial charge is 0.481 e. The molecular formula is C11H16N2O2. The maximum atomic E-state index is 11.1. The van der Waals surface area contributed by atoms with E-state index in [0.717, 1.165) is 31.5 Å². The molecule has 0 aliphatic heterocycles. The van der Waals surface area contributed by atoms with Crippen molar-refractivity contribution in [2.24, 2.45) is 5.92 Å². The molecule has 15 heavy (non-hydrogen) atoms. The van der Waals surface area contributed by atoms with Crippen LogP contribution in [0.3, 0.4) is 0 Å². The predicted molar refractivity (Wildman–Crippen MR) is 55.6 cm³/mol. The van der Waals surface area contributed by atoms with Gasteiger partial charge in [0.15, 0.2) is 0 Å². The lowest BCUT2D eigenvalue weighted by Gasteiger charge is -2.16. The van der Waals surface area contributed by atoms with Crippen molar-refractivity contribution in [3.63, 3.8) is 0 Å². The molecule has 1 heterocycles. The third-order valence-electron chi connectivity index (χ3n) is 3.26. The summed E-state index contributed by atoms with van der Waals surface area (Å²) >= 11 is 0. The Kier molecular flexibility index (Phi) is 2.75. The number of carboxylic acids is 1. The van der Waals surface area contributed by atoms with Crippen molar-refractivity contribution in [2.45, 2.75) is 38.6 Å². The van der Waals surface area contributed by atoms with E-state index in [9.17, 15) is 4.79 Å². The highest BCUT2D eigenvalue weighted by atomic mass is 16.4. The second-order valence-corrected chi connectivity index (χ2v) is 4.05. The summed E-state index contributed by atoms with van der Waals surface area (Å²) in [6, 6.07) is 1.95. The van der Waals surface area contributed by atoms with Gasteiger partial charge in [-0.1, -0.05) is 6.42 Å². The summed E-state index contributed by atoms with van der Waals surface area (Å²) in [5.41, 5.74) is 1.09. The number of rotatable bonds is 3. The van der Waals surface area contributed by atoms with Crippen LogP contribution in [0.2, 0.25) is 0 Å². The number of nitrogens with zero attached hydrogens (tertiary/aromatic N) is 2. The molecule has 82 valence electrons. The average molecular weight is 208 g/mol. The molecular weight excluding hydrogens is 192 g/mol. The maximum absolute atomic E-state index is 11.1. The van der Waals surface area contributed by atoms with Gasteiger partial charge in [-0.3, -0.25) is 9.48 Å². The van der Waals surface area contributed by atoms with Crippen LogP contribution in [0.25, 0.3) is 0 Å². The summed E-state index contributed by atoms with van der Waals surface area (Å²) in [6.07, 6.45) is 4.55. The summed E-state index contributed by atoms with van der Waals surface area (Å²) < 4.78 is 1.91. The van der Waals surface area contributed by atoms with E-state index in [2.05, 4.69) is 5.10 Å². The van der Waals surface area contributed by atoms with Crippen molar-refractivity contribution < 1.29 is 9.90 Å². The second kappa shape index (κ2) is 4.04. The van der Waals surface area contributed by atoms with Crippen LogP contribution in [-0.4, -0.2) is 20.9 Å². The van der Waals surface area contributed by atoms with Gasteiger partial charge >= 0.3 is 5.97 Å². The molecule has 1 fully saturated rings. The zero-order valence-corrected chi connectivity index (χ0v) is 8.89. The van der Waals surface area contributed by atoms with Gasteiger partial charge in [0.1, 0.15) is 0 Å². The Labute approximate surface area is 88.9 Å². The van der Waals surface area contributed by atoms with E-state index in [1.165, 1.54) is 0 Å². The van der Waals surface area contributed by atoms with Gasteiger partial charge < -0.3 is 5.11 Å². The number of aryl methyl sites for hydroxylation is 1. The zero-order valence-electron chi connectivity index (χ0n) is 8.89. The number of carbonyl (C=O) groups is 1. The smallest absolute Gasteiger partial charge is 0.307 e. The van der Waals surface area contributed by atoms with Crippen molar-refractivity contribution in [2.75, 3.05) is 0 Å². The lowest BCUT2D eigenvalue weighted by Crippen LogP contribution is -2.19. The molecule has 0 amide bonds. The highest BCUT2D eigenvalue weighted by molar-refractivity contribution is 5.71. The minimum atomic E-state index is -0.665. The van der Waals surface area contributed by atoms with Crippen molar-refractivity contribution in [3.05, 3.63) is 18.0 Å². The van der Waals surface area contributed by atoms with Gasteiger partial charge in [-0.15, -0.1) is 0 Å². The highest BCUT2D eigenvalue weighted by Crippen LogP contribution is 2.39. The number of aliphatic carboxylic acids is 1. The Bertz CT molecular complexity index is 359. The molecule has 0 bridgehead atoms. The molecule has 1 N–H and O–H groups in total. The Hall–Kier alpha value is -1.32. The molecule has 2 rings (SSSR count). The van der Waals surface area contributed by atoms with E-state index in [4.69, 9.17) is 5.11 Å². The van der Waals surface area contributed by atoms with Crippen LogP contribution in [0.4, 0.5) is 0 Å². The van der Waals surface area contributed by atoms with Gasteiger partial charge in [0.25, 0.3) is 0 Å². The van der Waals surface area contributed by atoms with Crippen molar-refractivity contribution in [3.8, 4) is 0 Å². The molecule has 0 saturated heterocycles. The zero-order chi connectivity index (χ0) is 10.8.